The zero-order valence-corrected chi connectivity index (χ0v) is 15.6. The minimum absolute atomic E-state index is 0.0842. The first-order chi connectivity index (χ1) is 12.9. The number of hydrogen-bond donors (Lipinski definition) is 1. The molecule has 0 unspecified atom stereocenters. The number of amides is 3. The van der Waals surface area contributed by atoms with Crippen molar-refractivity contribution in [2.45, 2.75) is 13.3 Å². The summed E-state index contributed by atoms with van der Waals surface area (Å²) in [5, 5.41) is 2.69. The number of nitrogens with zero attached hydrogens (tertiary/aromatic N) is 3. The maximum Gasteiger partial charge on any atom is 0.254 e. The maximum absolute atomic E-state index is 12.7. The van der Waals surface area contributed by atoms with Crippen LogP contribution in [0.4, 0.5) is 5.69 Å². The van der Waals surface area contributed by atoms with E-state index < -0.39 is 0 Å². The number of aromatic nitrogens is 1. The van der Waals surface area contributed by atoms with Crippen LogP contribution in [0.1, 0.15) is 22.8 Å². The first-order valence-corrected chi connectivity index (χ1v) is 8.98. The minimum atomic E-state index is -0.176. The van der Waals surface area contributed by atoms with Crippen molar-refractivity contribution < 1.29 is 14.4 Å². The van der Waals surface area contributed by atoms with Gasteiger partial charge in [-0.15, -0.1) is 0 Å². The Labute approximate surface area is 158 Å². The summed E-state index contributed by atoms with van der Waals surface area (Å²) in [6.45, 7) is 3.50. The normalized spacial score (nSPS) is 14.1. The standard InChI is InChI=1S/C20H24N4O3/c1-15(25)21-18-5-3-4-17(13-18)20(27)24-10-8-23(9-11-24)19(26)12-16-6-7-22(2)14-16/h3-7,13-14H,8-12H2,1-2H3,(H,21,25). The molecule has 1 saturated heterocycles. The summed E-state index contributed by atoms with van der Waals surface area (Å²) < 4.78 is 1.92. The minimum Gasteiger partial charge on any atom is -0.357 e. The highest BCUT2D eigenvalue weighted by atomic mass is 16.2. The third kappa shape index (κ3) is 4.75. The molecular weight excluding hydrogens is 344 g/mol. The summed E-state index contributed by atoms with van der Waals surface area (Å²) in [6.07, 6.45) is 4.25. The first kappa shape index (κ1) is 18.7. The molecule has 1 aromatic carbocycles. The molecule has 7 heteroatoms. The van der Waals surface area contributed by atoms with E-state index in [0.717, 1.165) is 5.56 Å². The van der Waals surface area contributed by atoms with E-state index in [2.05, 4.69) is 5.32 Å². The van der Waals surface area contributed by atoms with Gasteiger partial charge in [0.05, 0.1) is 6.42 Å². The van der Waals surface area contributed by atoms with Gasteiger partial charge in [-0.2, -0.15) is 0 Å². The van der Waals surface area contributed by atoms with Crippen molar-refractivity contribution in [3.8, 4) is 0 Å². The summed E-state index contributed by atoms with van der Waals surface area (Å²) in [6, 6.07) is 8.85. The molecule has 3 rings (SSSR count). The van der Waals surface area contributed by atoms with Gasteiger partial charge in [0, 0.05) is 63.8 Å². The zero-order chi connectivity index (χ0) is 19.4. The molecule has 2 heterocycles. The SMILES string of the molecule is CC(=O)Nc1cccc(C(=O)N2CCN(C(=O)Cc3ccn(C)c3)CC2)c1. The number of carbonyl (C=O) groups excluding carboxylic acids is 3. The van der Waals surface area contributed by atoms with Crippen LogP contribution in [0, 0.1) is 0 Å². The molecule has 27 heavy (non-hydrogen) atoms. The van der Waals surface area contributed by atoms with Crippen LogP contribution in [0.3, 0.4) is 0 Å². The molecule has 7 nitrogen and oxygen atoms in total. The molecule has 142 valence electrons. The molecule has 1 aromatic heterocycles. The highest BCUT2D eigenvalue weighted by molar-refractivity contribution is 5.97. The second-order valence-electron chi connectivity index (χ2n) is 6.80. The van der Waals surface area contributed by atoms with Gasteiger partial charge >= 0.3 is 0 Å². The number of hydrogen-bond acceptors (Lipinski definition) is 3. The molecule has 1 fully saturated rings. The second kappa shape index (κ2) is 8.07. The number of aryl methyl sites for hydroxylation is 1. The monoisotopic (exact) mass is 368 g/mol. The van der Waals surface area contributed by atoms with E-state index in [-0.39, 0.29) is 17.7 Å². The van der Waals surface area contributed by atoms with Crippen LogP contribution in [-0.2, 0) is 23.1 Å². The predicted molar refractivity (Wildman–Crippen MR) is 102 cm³/mol. The average molecular weight is 368 g/mol. The van der Waals surface area contributed by atoms with Gasteiger partial charge in [0.25, 0.3) is 5.91 Å². The van der Waals surface area contributed by atoms with E-state index in [0.29, 0.717) is 43.9 Å². The lowest BCUT2D eigenvalue weighted by molar-refractivity contribution is -0.131. The molecule has 0 spiro atoms. The first-order valence-electron chi connectivity index (χ1n) is 8.98. The second-order valence-corrected chi connectivity index (χ2v) is 6.80. The Hall–Kier alpha value is -3.09. The van der Waals surface area contributed by atoms with Gasteiger partial charge in [-0.1, -0.05) is 6.07 Å². The largest absolute Gasteiger partial charge is 0.357 e. The van der Waals surface area contributed by atoms with E-state index in [9.17, 15) is 14.4 Å². The molecule has 0 bridgehead atoms. The number of benzene rings is 1. The number of nitrogens with one attached hydrogen (secondary N) is 1. The van der Waals surface area contributed by atoms with Crippen LogP contribution in [0.5, 0.6) is 0 Å². The summed E-state index contributed by atoms with van der Waals surface area (Å²) in [5.74, 6) is -0.177. The Balaban J connectivity index is 1.56. The molecule has 1 aliphatic heterocycles. The highest BCUT2D eigenvalue weighted by Crippen LogP contribution is 2.15. The van der Waals surface area contributed by atoms with Crippen molar-refractivity contribution in [1.82, 2.24) is 14.4 Å². The lowest BCUT2D eigenvalue weighted by atomic mass is 10.1. The van der Waals surface area contributed by atoms with Crippen LogP contribution < -0.4 is 5.32 Å². The van der Waals surface area contributed by atoms with E-state index in [1.54, 1.807) is 29.2 Å². The van der Waals surface area contributed by atoms with Gasteiger partial charge in [0.2, 0.25) is 11.8 Å². The van der Waals surface area contributed by atoms with Gasteiger partial charge in [0.1, 0.15) is 0 Å². The summed E-state index contributed by atoms with van der Waals surface area (Å²) in [5.41, 5.74) is 2.13. The van der Waals surface area contributed by atoms with Crippen molar-refractivity contribution >= 4 is 23.4 Å². The molecule has 1 N–H and O–H groups in total. The fraction of sp³-hybridized carbons (Fsp3) is 0.350. The number of carbonyl (C=O) groups is 3. The number of rotatable bonds is 4. The Morgan fingerprint density at radius 3 is 2.37 bits per heavy atom. The lowest BCUT2D eigenvalue weighted by Crippen LogP contribution is -2.51. The summed E-state index contributed by atoms with van der Waals surface area (Å²) >= 11 is 0. The van der Waals surface area contributed by atoms with Crippen LogP contribution in [0.2, 0.25) is 0 Å². The van der Waals surface area contributed by atoms with Crippen molar-refractivity contribution in [2.24, 2.45) is 7.05 Å². The van der Waals surface area contributed by atoms with Crippen LogP contribution >= 0.6 is 0 Å². The smallest absolute Gasteiger partial charge is 0.254 e. The fourth-order valence-electron chi connectivity index (χ4n) is 3.23. The Morgan fingerprint density at radius 1 is 1.04 bits per heavy atom. The maximum atomic E-state index is 12.7. The highest BCUT2D eigenvalue weighted by Gasteiger charge is 2.25. The van der Waals surface area contributed by atoms with E-state index in [1.807, 2.05) is 35.0 Å². The molecule has 0 aliphatic carbocycles. The van der Waals surface area contributed by atoms with Gasteiger partial charge < -0.3 is 19.7 Å². The van der Waals surface area contributed by atoms with E-state index >= 15 is 0 Å². The number of anilines is 1. The van der Waals surface area contributed by atoms with Crippen LogP contribution in [0.25, 0.3) is 0 Å². The quantitative estimate of drug-likeness (QED) is 0.889. The zero-order valence-electron chi connectivity index (χ0n) is 15.6. The van der Waals surface area contributed by atoms with E-state index in [1.165, 1.54) is 6.92 Å². The van der Waals surface area contributed by atoms with Crippen LogP contribution in [-0.4, -0.2) is 58.3 Å². The average Bonchev–Trinajstić information content (AvgIpc) is 3.05. The van der Waals surface area contributed by atoms with Gasteiger partial charge in [-0.25, -0.2) is 0 Å². The van der Waals surface area contributed by atoms with Gasteiger partial charge in [0.15, 0.2) is 0 Å². The Bertz CT molecular complexity index is 850. The molecule has 0 radical (unpaired) electrons. The van der Waals surface area contributed by atoms with Crippen molar-refractivity contribution in [1.29, 1.82) is 0 Å². The van der Waals surface area contributed by atoms with Gasteiger partial charge in [-0.05, 0) is 29.8 Å². The predicted octanol–water partition coefficient (Wildman–Crippen LogP) is 1.51. The molecule has 0 atom stereocenters. The molecular formula is C20H24N4O3. The molecule has 2 aromatic rings. The van der Waals surface area contributed by atoms with E-state index in [4.69, 9.17) is 0 Å². The van der Waals surface area contributed by atoms with Crippen molar-refractivity contribution in [3.05, 3.63) is 53.9 Å². The summed E-state index contributed by atoms with van der Waals surface area (Å²) in [7, 11) is 1.93. The Kier molecular flexibility index (Phi) is 5.59. The summed E-state index contributed by atoms with van der Waals surface area (Å²) in [4.78, 5) is 39.9. The van der Waals surface area contributed by atoms with Gasteiger partial charge in [-0.3, -0.25) is 14.4 Å². The third-order valence-corrected chi connectivity index (χ3v) is 4.60. The number of piperazine rings is 1. The van der Waals surface area contributed by atoms with Crippen molar-refractivity contribution in [3.63, 3.8) is 0 Å². The van der Waals surface area contributed by atoms with Crippen LogP contribution in [0.15, 0.2) is 42.7 Å². The lowest BCUT2D eigenvalue weighted by Gasteiger charge is -2.35. The Morgan fingerprint density at radius 2 is 1.74 bits per heavy atom. The van der Waals surface area contributed by atoms with Crippen molar-refractivity contribution in [2.75, 3.05) is 31.5 Å². The molecule has 1 aliphatic rings. The third-order valence-electron chi connectivity index (χ3n) is 4.60. The molecule has 3 amide bonds. The topological polar surface area (TPSA) is 74.7 Å². The molecule has 0 saturated carbocycles. The fourth-order valence-corrected chi connectivity index (χ4v) is 3.23.